The summed E-state index contributed by atoms with van der Waals surface area (Å²) in [5.74, 6) is -0.0747. The van der Waals surface area contributed by atoms with Crippen molar-refractivity contribution in [1.29, 1.82) is 0 Å². The molecule has 11 heteroatoms. The molecule has 1 fully saturated rings. The van der Waals surface area contributed by atoms with Crippen molar-refractivity contribution in [2.75, 3.05) is 23.3 Å². The lowest BCUT2D eigenvalue weighted by Gasteiger charge is -2.19. The number of alkyl halides is 3. The van der Waals surface area contributed by atoms with Gasteiger partial charge in [0.1, 0.15) is 10.7 Å². The molecule has 0 aliphatic carbocycles. The van der Waals surface area contributed by atoms with Crippen LogP contribution in [0.1, 0.15) is 17.8 Å². The molecule has 1 aliphatic heterocycles. The molecule has 0 aromatic carbocycles. The molecule has 1 unspecified atom stereocenters. The van der Waals surface area contributed by atoms with Crippen LogP contribution in [0.15, 0.2) is 17.1 Å². The van der Waals surface area contributed by atoms with Crippen LogP contribution in [0.5, 0.6) is 0 Å². The van der Waals surface area contributed by atoms with E-state index in [1.807, 2.05) is 4.90 Å². The number of nitrogens with one attached hydrogen (secondary N) is 2. The lowest BCUT2D eigenvalue weighted by molar-refractivity contribution is -0.141. The average Bonchev–Trinajstić information content (AvgIpc) is 2.97. The number of rotatable bonds is 3. The molecule has 25 heavy (non-hydrogen) atoms. The Labute approximate surface area is 145 Å². The second-order valence-corrected chi connectivity index (χ2v) is 6.07. The third-order valence-electron chi connectivity index (χ3n) is 3.78. The van der Waals surface area contributed by atoms with Crippen molar-refractivity contribution in [3.63, 3.8) is 0 Å². The Hall–Kier alpha value is -2.36. The van der Waals surface area contributed by atoms with Crippen LogP contribution in [-0.2, 0) is 6.18 Å². The largest absolute Gasteiger partial charge is 0.433 e. The van der Waals surface area contributed by atoms with E-state index in [1.165, 1.54) is 13.1 Å². The number of aromatic amines is 1. The molecule has 0 amide bonds. The van der Waals surface area contributed by atoms with Crippen molar-refractivity contribution < 1.29 is 13.2 Å². The summed E-state index contributed by atoms with van der Waals surface area (Å²) in [7, 11) is 0. The first-order valence-corrected chi connectivity index (χ1v) is 7.79. The maximum absolute atomic E-state index is 12.8. The normalized spacial score (nSPS) is 17.8. The molecule has 0 saturated carbocycles. The number of hydrogen-bond acceptors (Lipinski definition) is 6. The molecule has 3 heterocycles. The van der Waals surface area contributed by atoms with Gasteiger partial charge in [-0.25, -0.2) is 15.1 Å². The molecule has 7 nitrogen and oxygen atoms in total. The Kier molecular flexibility index (Phi) is 4.55. The fourth-order valence-electron chi connectivity index (χ4n) is 2.65. The lowest BCUT2D eigenvalue weighted by Crippen LogP contribution is -2.28. The minimum Gasteiger partial charge on any atom is -0.367 e. The monoisotopic (exact) mass is 374 g/mol. The van der Waals surface area contributed by atoms with Gasteiger partial charge in [-0.1, -0.05) is 11.6 Å². The van der Waals surface area contributed by atoms with Gasteiger partial charge in [-0.2, -0.15) is 18.3 Å². The fourth-order valence-corrected chi connectivity index (χ4v) is 2.86. The van der Waals surface area contributed by atoms with Crippen molar-refractivity contribution in [2.24, 2.45) is 0 Å². The molecule has 2 N–H and O–H groups in total. The third kappa shape index (κ3) is 3.84. The molecule has 0 spiro atoms. The Morgan fingerprint density at radius 2 is 2.16 bits per heavy atom. The van der Waals surface area contributed by atoms with E-state index in [2.05, 4.69) is 25.5 Å². The summed E-state index contributed by atoms with van der Waals surface area (Å²) in [5.41, 5.74) is -0.774. The highest BCUT2D eigenvalue weighted by molar-refractivity contribution is 6.33. The van der Waals surface area contributed by atoms with Crippen LogP contribution in [-0.4, -0.2) is 39.3 Å². The molecule has 2 aromatic rings. The topological polar surface area (TPSA) is 86.8 Å². The quantitative estimate of drug-likeness (QED) is 0.856. The van der Waals surface area contributed by atoms with Crippen LogP contribution in [0, 0.1) is 6.92 Å². The summed E-state index contributed by atoms with van der Waals surface area (Å²) in [6.07, 6.45) is -2.46. The molecular formula is C14H14ClF3N6O. The van der Waals surface area contributed by atoms with Gasteiger partial charge >= 0.3 is 6.18 Å². The predicted octanol–water partition coefficient (Wildman–Crippen LogP) is 2.23. The van der Waals surface area contributed by atoms with Crippen LogP contribution in [0.2, 0.25) is 5.02 Å². The van der Waals surface area contributed by atoms with E-state index in [-0.39, 0.29) is 22.7 Å². The van der Waals surface area contributed by atoms with Gasteiger partial charge in [0.15, 0.2) is 0 Å². The highest BCUT2D eigenvalue weighted by Gasteiger charge is 2.34. The molecule has 0 bridgehead atoms. The Morgan fingerprint density at radius 3 is 2.88 bits per heavy atom. The van der Waals surface area contributed by atoms with Crippen molar-refractivity contribution in [2.45, 2.75) is 25.6 Å². The van der Waals surface area contributed by atoms with Gasteiger partial charge < -0.3 is 10.2 Å². The van der Waals surface area contributed by atoms with Crippen LogP contribution in [0.25, 0.3) is 0 Å². The molecule has 3 rings (SSSR count). The summed E-state index contributed by atoms with van der Waals surface area (Å²) < 4.78 is 38.5. The molecule has 0 radical (unpaired) electrons. The highest BCUT2D eigenvalue weighted by atomic mass is 35.5. The number of aromatic nitrogens is 4. The molecular weight excluding hydrogens is 361 g/mol. The Balaban J connectivity index is 1.75. The maximum Gasteiger partial charge on any atom is 0.433 e. The van der Waals surface area contributed by atoms with Gasteiger partial charge in [0.05, 0.1) is 11.9 Å². The van der Waals surface area contributed by atoms with Crippen molar-refractivity contribution in [3.05, 3.63) is 39.0 Å². The van der Waals surface area contributed by atoms with Crippen LogP contribution in [0.4, 0.5) is 24.8 Å². The first kappa shape index (κ1) is 17.5. The van der Waals surface area contributed by atoms with E-state index >= 15 is 0 Å². The first-order valence-electron chi connectivity index (χ1n) is 7.41. The number of halogens is 4. The smallest absolute Gasteiger partial charge is 0.367 e. The highest BCUT2D eigenvalue weighted by Crippen LogP contribution is 2.29. The van der Waals surface area contributed by atoms with E-state index in [0.717, 1.165) is 6.07 Å². The van der Waals surface area contributed by atoms with E-state index < -0.39 is 17.4 Å². The van der Waals surface area contributed by atoms with Gasteiger partial charge in [0.25, 0.3) is 5.56 Å². The van der Waals surface area contributed by atoms with Gasteiger partial charge in [-0.3, -0.25) is 4.79 Å². The van der Waals surface area contributed by atoms with Crippen molar-refractivity contribution in [1.82, 2.24) is 20.2 Å². The van der Waals surface area contributed by atoms with E-state index in [1.54, 1.807) is 0 Å². The van der Waals surface area contributed by atoms with Gasteiger partial charge in [0.2, 0.25) is 5.95 Å². The number of anilines is 2. The second-order valence-electron chi connectivity index (χ2n) is 5.69. The zero-order valence-corrected chi connectivity index (χ0v) is 13.8. The van der Waals surface area contributed by atoms with Crippen LogP contribution < -0.4 is 15.8 Å². The van der Waals surface area contributed by atoms with Crippen molar-refractivity contribution in [3.8, 4) is 0 Å². The number of H-pyrrole nitrogens is 1. The molecule has 1 aliphatic rings. The van der Waals surface area contributed by atoms with Crippen LogP contribution >= 0.6 is 11.6 Å². The standard InChI is InChI=1S/C14H14ClF3N6O/c1-7-4-10(14(16,17)18)22-13(20-7)21-8-2-3-24(6-8)9-5-19-23-12(25)11(9)15/h4-5,8H,2-3,6H2,1H3,(H,23,25)(H,20,21,22). The van der Waals surface area contributed by atoms with Gasteiger partial charge in [0, 0.05) is 24.8 Å². The molecule has 134 valence electrons. The molecule has 1 atom stereocenters. The van der Waals surface area contributed by atoms with Crippen molar-refractivity contribution >= 4 is 23.2 Å². The summed E-state index contributed by atoms with van der Waals surface area (Å²) in [6, 6.07) is 0.714. The minimum absolute atomic E-state index is 0.0295. The summed E-state index contributed by atoms with van der Waals surface area (Å²) in [6.45, 7) is 2.48. The molecule has 1 saturated heterocycles. The SMILES string of the molecule is Cc1cc(C(F)(F)F)nc(NC2CCN(c3cn[nH]c(=O)c3Cl)C2)n1. The number of hydrogen-bond donors (Lipinski definition) is 2. The minimum atomic E-state index is -4.53. The fraction of sp³-hybridized carbons (Fsp3) is 0.429. The summed E-state index contributed by atoms with van der Waals surface area (Å²) in [4.78, 5) is 20.9. The molecule has 2 aromatic heterocycles. The zero-order valence-electron chi connectivity index (χ0n) is 13.1. The average molecular weight is 375 g/mol. The van der Waals surface area contributed by atoms with E-state index in [9.17, 15) is 18.0 Å². The lowest BCUT2D eigenvalue weighted by atomic mass is 10.2. The van der Waals surface area contributed by atoms with Gasteiger partial charge in [-0.15, -0.1) is 0 Å². The van der Waals surface area contributed by atoms with Gasteiger partial charge in [-0.05, 0) is 19.4 Å². The second kappa shape index (κ2) is 6.51. The number of nitrogens with zero attached hydrogens (tertiary/aromatic N) is 4. The Bertz CT molecular complexity index is 840. The summed E-state index contributed by atoms with van der Waals surface area (Å²) in [5, 5.41) is 8.89. The van der Waals surface area contributed by atoms with E-state index in [0.29, 0.717) is 25.2 Å². The third-order valence-corrected chi connectivity index (χ3v) is 4.15. The Morgan fingerprint density at radius 1 is 1.40 bits per heavy atom. The summed E-state index contributed by atoms with van der Waals surface area (Å²) >= 11 is 5.98. The van der Waals surface area contributed by atoms with E-state index in [4.69, 9.17) is 11.6 Å². The number of aryl methyl sites for hydroxylation is 1. The zero-order chi connectivity index (χ0) is 18.2. The van der Waals surface area contributed by atoms with Crippen LogP contribution in [0.3, 0.4) is 0 Å². The first-order chi connectivity index (χ1) is 11.7. The predicted molar refractivity (Wildman–Crippen MR) is 85.9 cm³/mol. The maximum atomic E-state index is 12.8.